The fraction of sp³-hybridized carbons (Fsp3) is 0.273. The van der Waals surface area contributed by atoms with Crippen molar-refractivity contribution < 1.29 is 9.90 Å². The van der Waals surface area contributed by atoms with Crippen LogP contribution >= 0.6 is 22.6 Å². The van der Waals surface area contributed by atoms with E-state index in [4.69, 9.17) is 10.4 Å². The minimum absolute atomic E-state index is 0.0905. The van der Waals surface area contributed by atoms with Gasteiger partial charge in [-0.25, -0.2) is 0 Å². The molecule has 0 saturated carbocycles. The number of nitriles is 1. The van der Waals surface area contributed by atoms with E-state index >= 15 is 0 Å². The van der Waals surface area contributed by atoms with Gasteiger partial charge in [0.2, 0.25) is 0 Å². The van der Waals surface area contributed by atoms with Gasteiger partial charge >= 0.3 is 5.97 Å². The standard InChI is InChI=1S/C11H10INO2/c1-2-7-3-8(5-11(14)15)9(6-13)10(12)4-7/h3-4H,2,5H2,1H3,(H,14,15). The molecule has 0 saturated heterocycles. The predicted octanol–water partition coefficient (Wildman–Crippen LogP) is 2.35. The van der Waals surface area contributed by atoms with Gasteiger partial charge in [-0.15, -0.1) is 0 Å². The Hall–Kier alpha value is -1.09. The first-order valence-corrected chi connectivity index (χ1v) is 5.59. The lowest BCUT2D eigenvalue weighted by atomic mass is 10.0. The van der Waals surface area contributed by atoms with Gasteiger partial charge in [-0.2, -0.15) is 5.26 Å². The summed E-state index contributed by atoms with van der Waals surface area (Å²) in [6, 6.07) is 5.77. The molecule has 4 heteroatoms. The molecule has 0 aliphatic heterocycles. The summed E-state index contributed by atoms with van der Waals surface area (Å²) >= 11 is 2.07. The Morgan fingerprint density at radius 1 is 1.60 bits per heavy atom. The van der Waals surface area contributed by atoms with E-state index in [0.29, 0.717) is 11.1 Å². The van der Waals surface area contributed by atoms with Gasteiger partial charge in [0.15, 0.2) is 0 Å². The quantitative estimate of drug-likeness (QED) is 0.871. The van der Waals surface area contributed by atoms with Crippen molar-refractivity contribution in [2.75, 3.05) is 0 Å². The van der Waals surface area contributed by atoms with Crippen molar-refractivity contribution in [1.29, 1.82) is 5.26 Å². The Balaban J connectivity index is 3.27. The Bertz CT molecular complexity index is 435. The zero-order valence-corrected chi connectivity index (χ0v) is 10.4. The number of nitrogens with zero attached hydrogens (tertiary/aromatic N) is 1. The third-order valence-electron chi connectivity index (χ3n) is 2.09. The van der Waals surface area contributed by atoms with Crippen LogP contribution in [-0.4, -0.2) is 11.1 Å². The number of carbonyl (C=O) groups is 1. The van der Waals surface area contributed by atoms with Gasteiger partial charge < -0.3 is 5.11 Å². The van der Waals surface area contributed by atoms with Crippen molar-refractivity contribution in [3.63, 3.8) is 0 Å². The smallest absolute Gasteiger partial charge is 0.307 e. The maximum absolute atomic E-state index is 10.6. The molecular formula is C11H10INO2. The van der Waals surface area contributed by atoms with Gasteiger partial charge in [-0.1, -0.05) is 13.0 Å². The van der Waals surface area contributed by atoms with E-state index in [1.165, 1.54) is 0 Å². The molecule has 0 spiro atoms. The summed E-state index contributed by atoms with van der Waals surface area (Å²) in [6.45, 7) is 2.00. The van der Waals surface area contributed by atoms with Gasteiger partial charge in [0.25, 0.3) is 0 Å². The minimum atomic E-state index is -0.907. The fourth-order valence-electron chi connectivity index (χ4n) is 1.36. The summed E-state index contributed by atoms with van der Waals surface area (Å²) < 4.78 is 0.825. The molecule has 1 rings (SSSR count). The molecule has 0 fully saturated rings. The second-order valence-corrected chi connectivity index (χ2v) is 4.31. The van der Waals surface area contributed by atoms with Crippen LogP contribution in [0.2, 0.25) is 0 Å². The molecule has 1 aromatic rings. The van der Waals surface area contributed by atoms with Crippen LogP contribution in [0.4, 0.5) is 0 Å². The van der Waals surface area contributed by atoms with Gasteiger partial charge in [-0.3, -0.25) is 4.79 Å². The Morgan fingerprint density at radius 3 is 2.73 bits per heavy atom. The lowest BCUT2D eigenvalue weighted by Crippen LogP contribution is -2.04. The number of carboxylic acids is 1. The van der Waals surface area contributed by atoms with Crippen LogP contribution in [0, 0.1) is 14.9 Å². The SMILES string of the molecule is CCc1cc(I)c(C#N)c(CC(=O)O)c1. The van der Waals surface area contributed by atoms with Gasteiger partial charge in [0, 0.05) is 3.57 Å². The summed E-state index contributed by atoms with van der Waals surface area (Å²) in [7, 11) is 0. The zero-order valence-electron chi connectivity index (χ0n) is 8.25. The Kier molecular flexibility index (Phi) is 4.09. The topological polar surface area (TPSA) is 61.1 Å². The highest BCUT2D eigenvalue weighted by molar-refractivity contribution is 14.1. The van der Waals surface area contributed by atoms with E-state index in [-0.39, 0.29) is 6.42 Å². The first-order chi connectivity index (χ1) is 7.08. The van der Waals surface area contributed by atoms with Crippen molar-refractivity contribution in [2.45, 2.75) is 19.8 Å². The van der Waals surface area contributed by atoms with Crippen LogP contribution in [0.5, 0.6) is 0 Å². The molecule has 0 radical (unpaired) electrons. The van der Waals surface area contributed by atoms with E-state index in [0.717, 1.165) is 15.6 Å². The lowest BCUT2D eigenvalue weighted by Gasteiger charge is -2.06. The van der Waals surface area contributed by atoms with E-state index in [2.05, 4.69) is 22.6 Å². The number of hydrogen-bond donors (Lipinski definition) is 1. The largest absolute Gasteiger partial charge is 0.481 e. The second kappa shape index (κ2) is 5.12. The number of aliphatic carboxylic acids is 1. The third-order valence-corrected chi connectivity index (χ3v) is 2.94. The molecule has 1 N–H and O–H groups in total. The third kappa shape index (κ3) is 2.93. The summed E-state index contributed by atoms with van der Waals surface area (Å²) in [4.78, 5) is 10.6. The molecule has 0 bridgehead atoms. The molecule has 0 atom stereocenters. The van der Waals surface area contributed by atoms with Crippen LogP contribution in [0.1, 0.15) is 23.6 Å². The summed E-state index contributed by atoms with van der Waals surface area (Å²) in [5, 5.41) is 17.7. The number of rotatable bonds is 3. The van der Waals surface area contributed by atoms with Crippen molar-refractivity contribution in [1.82, 2.24) is 0 Å². The Morgan fingerprint density at radius 2 is 2.27 bits per heavy atom. The highest BCUT2D eigenvalue weighted by Gasteiger charge is 2.11. The van der Waals surface area contributed by atoms with E-state index in [1.54, 1.807) is 6.07 Å². The summed E-state index contributed by atoms with van der Waals surface area (Å²) in [5.41, 5.74) is 2.15. The fourth-order valence-corrected chi connectivity index (χ4v) is 2.22. The molecule has 78 valence electrons. The van der Waals surface area contributed by atoms with Gasteiger partial charge in [-0.05, 0) is 46.2 Å². The van der Waals surface area contributed by atoms with Crippen LogP contribution in [0.3, 0.4) is 0 Å². The van der Waals surface area contributed by atoms with Crippen molar-refractivity contribution in [3.8, 4) is 6.07 Å². The molecule has 0 unspecified atom stereocenters. The average Bonchev–Trinajstić information content (AvgIpc) is 2.16. The monoisotopic (exact) mass is 315 g/mol. The molecule has 0 aromatic heterocycles. The second-order valence-electron chi connectivity index (χ2n) is 3.15. The lowest BCUT2D eigenvalue weighted by molar-refractivity contribution is -0.136. The predicted molar refractivity (Wildman–Crippen MR) is 64.6 cm³/mol. The van der Waals surface area contributed by atoms with Crippen molar-refractivity contribution >= 4 is 28.6 Å². The number of halogens is 1. The molecule has 0 aliphatic rings. The van der Waals surface area contributed by atoms with Crippen LogP contribution in [-0.2, 0) is 17.6 Å². The normalized spacial score (nSPS) is 9.67. The highest BCUT2D eigenvalue weighted by atomic mass is 127. The summed E-state index contributed by atoms with van der Waals surface area (Å²) in [5.74, 6) is -0.907. The van der Waals surface area contributed by atoms with E-state index in [9.17, 15) is 4.79 Å². The average molecular weight is 315 g/mol. The number of carboxylic acid groups (broad SMARTS) is 1. The van der Waals surface area contributed by atoms with E-state index < -0.39 is 5.97 Å². The van der Waals surface area contributed by atoms with E-state index in [1.807, 2.05) is 19.1 Å². The Labute approximate surface area is 102 Å². The molecule has 0 heterocycles. The van der Waals surface area contributed by atoms with Crippen molar-refractivity contribution in [3.05, 3.63) is 32.4 Å². The highest BCUT2D eigenvalue weighted by Crippen LogP contribution is 2.20. The number of aryl methyl sites for hydroxylation is 1. The van der Waals surface area contributed by atoms with Crippen LogP contribution in [0.25, 0.3) is 0 Å². The molecular weight excluding hydrogens is 305 g/mol. The number of hydrogen-bond acceptors (Lipinski definition) is 2. The number of benzene rings is 1. The maximum atomic E-state index is 10.6. The molecule has 1 aromatic carbocycles. The minimum Gasteiger partial charge on any atom is -0.481 e. The first kappa shape index (κ1) is 12.0. The van der Waals surface area contributed by atoms with Crippen LogP contribution in [0.15, 0.2) is 12.1 Å². The van der Waals surface area contributed by atoms with Crippen LogP contribution < -0.4 is 0 Å². The summed E-state index contributed by atoms with van der Waals surface area (Å²) in [6.07, 6.45) is 0.751. The first-order valence-electron chi connectivity index (χ1n) is 4.51. The molecule has 15 heavy (non-hydrogen) atoms. The molecule has 0 amide bonds. The zero-order chi connectivity index (χ0) is 11.4. The maximum Gasteiger partial charge on any atom is 0.307 e. The molecule has 0 aliphatic carbocycles. The van der Waals surface area contributed by atoms with Gasteiger partial charge in [0.1, 0.15) is 6.07 Å². The molecule has 3 nitrogen and oxygen atoms in total. The van der Waals surface area contributed by atoms with Crippen molar-refractivity contribution in [2.24, 2.45) is 0 Å². The van der Waals surface area contributed by atoms with Gasteiger partial charge in [0.05, 0.1) is 12.0 Å².